The van der Waals surface area contributed by atoms with Gasteiger partial charge in [0, 0.05) is 34.4 Å². The van der Waals surface area contributed by atoms with Gasteiger partial charge in [-0.3, -0.25) is 9.59 Å². The fraction of sp³-hybridized carbons (Fsp3) is 0.273. The van der Waals surface area contributed by atoms with Gasteiger partial charge in [0.15, 0.2) is 5.78 Å². The highest BCUT2D eigenvalue weighted by Crippen LogP contribution is 2.44. The number of ketones is 1. The second kappa shape index (κ2) is 10.2. The lowest BCUT2D eigenvalue weighted by atomic mass is 9.83. The molecule has 0 atom stereocenters. The molecule has 5 aromatic carbocycles. The number of hydrogen-bond acceptors (Lipinski definition) is 4. The Labute approximate surface area is 231 Å². The van der Waals surface area contributed by atoms with Crippen LogP contribution in [0.1, 0.15) is 88.4 Å². The van der Waals surface area contributed by atoms with Crippen LogP contribution in [0.3, 0.4) is 0 Å². The fourth-order valence-corrected chi connectivity index (χ4v) is 5.81. The number of Topliss-reactive ketones (excluding diaryl/α,β-unsaturated/α-hetero) is 1. The van der Waals surface area contributed by atoms with Crippen LogP contribution in [0.2, 0.25) is 0 Å². The number of carbonyl (C=O) groups is 4. The molecular formula is C33H31NO6. The van der Waals surface area contributed by atoms with Gasteiger partial charge in [-0.25, -0.2) is 9.59 Å². The molecule has 0 saturated heterocycles. The van der Waals surface area contributed by atoms with Crippen molar-refractivity contribution in [1.82, 2.24) is 5.32 Å². The number of carboxylic acids is 2. The summed E-state index contributed by atoms with van der Waals surface area (Å²) in [5.41, 5.74) is 0.679. The zero-order valence-corrected chi connectivity index (χ0v) is 22.9. The first-order chi connectivity index (χ1) is 19.0. The first kappa shape index (κ1) is 27.1. The Hall–Kier alpha value is -4.52. The molecule has 0 radical (unpaired) electrons. The Bertz CT molecular complexity index is 1830. The molecule has 0 saturated carbocycles. The summed E-state index contributed by atoms with van der Waals surface area (Å²) in [6.45, 7) is 7.86. The van der Waals surface area contributed by atoms with Gasteiger partial charge in [-0.2, -0.15) is 0 Å². The molecule has 0 aliphatic rings. The van der Waals surface area contributed by atoms with Gasteiger partial charge < -0.3 is 15.5 Å². The van der Waals surface area contributed by atoms with E-state index in [9.17, 15) is 29.4 Å². The zero-order valence-electron chi connectivity index (χ0n) is 22.9. The van der Waals surface area contributed by atoms with Crippen LogP contribution in [0.25, 0.3) is 43.1 Å². The third kappa shape index (κ3) is 4.41. The molecule has 204 valence electrons. The number of hydrogen-bond donors (Lipinski definition) is 3. The first-order valence-corrected chi connectivity index (χ1v) is 13.5. The molecule has 7 heteroatoms. The lowest BCUT2D eigenvalue weighted by molar-refractivity contribution is 0.0688. The van der Waals surface area contributed by atoms with Crippen molar-refractivity contribution in [3.63, 3.8) is 0 Å². The number of carbonyl (C=O) groups excluding carboxylic acids is 2. The summed E-state index contributed by atoms with van der Waals surface area (Å²) in [4.78, 5) is 51.2. The van der Waals surface area contributed by atoms with Crippen molar-refractivity contribution in [2.75, 3.05) is 0 Å². The second-order valence-electron chi connectivity index (χ2n) is 11.1. The molecule has 0 spiro atoms. The van der Waals surface area contributed by atoms with Crippen LogP contribution < -0.4 is 5.32 Å². The summed E-state index contributed by atoms with van der Waals surface area (Å²) in [6, 6.07) is 13.2. The summed E-state index contributed by atoms with van der Waals surface area (Å²) in [5, 5.41) is 27.8. The Morgan fingerprint density at radius 1 is 0.625 bits per heavy atom. The molecule has 3 N–H and O–H groups in total. The standard InChI is InChI=1S/C33H31NO6/c1-16(2)6-5-7-26(35)22-12-8-18-21-11-15-25(33(39)40)30-23(31(36)34-17(3)4)13-9-19(28(21)30)20-10-14-24(32(37)38)29(22)27(18)20/h8-17H,5-7H2,1-4H3,(H,34,36)(H,37,38)(H,39,40). The van der Waals surface area contributed by atoms with Crippen molar-refractivity contribution in [2.24, 2.45) is 5.92 Å². The van der Waals surface area contributed by atoms with E-state index in [4.69, 9.17) is 0 Å². The van der Waals surface area contributed by atoms with E-state index >= 15 is 0 Å². The number of fused-ring (bicyclic) bond motifs is 2. The smallest absolute Gasteiger partial charge is 0.336 e. The minimum absolute atomic E-state index is 0.00769. The van der Waals surface area contributed by atoms with E-state index in [2.05, 4.69) is 19.2 Å². The minimum atomic E-state index is -1.15. The van der Waals surface area contributed by atoms with E-state index in [1.165, 1.54) is 12.1 Å². The van der Waals surface area contributed by atoms with Gasteiger partial charge in [0.25, 0.3) is 5.91 Å². The molecule has 0 aromatic heterocycles. The quantitative estimate of drug-likeness (QED) is 0.103. The molecule has 0 aliphatic carbocycles. The average Bonchev–Trinajstić information content (AvgIpc) is 2.89. The van der Waals surface area contributed by atoms with E-state index in [-0.39, 0.29) is 34.4 Å². The molecular weight excluding hydrogens is 506 g/mol. The lowest BCUT2D eigenvalue weighted by Crippen LogP contribution is -2.30. The number of benzene rings is 5. The van der Waals surface area contributed by atoms with Crippen LogP contribution in [0.15, 0.2) is 48.5 Å². The van der Waals surface area contributed by atoms with Gasteiger partial charge >= 0.3 is 11.9 Å². The number of carboxylic acid groups (broad SMARTS) is 2. The van der Waals surface area contributed by atoms with E-state index < -0.39 is 11.9 Å². The van der Waals surface area contributed by atoms with Gasteiger partial charge in [-0.15, -0.1) is 0 Å². The van der Waals surface area contributed by atoms with E-state index in [0.717, 1.165) is 6.42 Å². The monoisotopic (exact) mass is 537 g/mol. The van der Waals surface area contributed by atoms with Crippen LogP contribution in [0.4, 0.5) is 0 Å². The summed E-state index contributed by atoms with van der Waals surface area (Å²) in [7, 11) is 0. The van der Waals surface area contributed by atoms with E-state index in [1.54, 1.807) is 30.3 Å². The summed E-state index contributed by atoms with van der Waals surface area (Å²) >= 11 is 0. The predicted molar refractivity (Wildman–Crippen MR) is 157 cm³/mol. The number of nitrogens with one attached hydrogen (secondary N) is 1. The third-order valence-corrected chi connectivity index (χ3v) is 7.51. The summed E-state index contributed by atoms with van der Waals surface area (Å²) in [6.07, 6.45) is 1.92. The van der Waals surface area contributed by atoms with Gasteiger partial charge in [0.1, 0.15) is 0 Å². The minimum Gasteiger partial charge on any atom is -0.478 e. The number of rotatable bonds is 9. The molecule has 1 amide bonds. The first-order valence-electron chi connectivity index (χ1n) is 13.5. The van der Waals surface area contributed by atoms with Crippen molar-refractivity contribution in [2.45, 2.75) is 53.0 Å². The molecule has 0 fully saturated rings. The predicted octanol–water partition coefficient (Wildman–Crippen LogP) is 7.28. The Balaban J connectivity index is 1.90. The van der Waals surface area contributed by atoms with Crippen LogP contribution in [-0.2, 0) is 0 Å². The maximum absolute atomic E-state index is 13.4. The third-order valence-electron chi connectivity index (χ3n) is 7.51. The van der Waals surface area contributed by atoms with E-state index in [0.29, 0.717) is 67.4 Å². The molecule has 0 unspecified atom stereocenters. The molecule has 5 aromatic rings. The van der Waals surface area contributed by atoms with Crippen molar-refractivity contribution in [3.8, 4) is 0 Å². The van der Waals surface area contributed by atoms with Crippen LogP contribution in [0, 0.1) is 5.92 Å². The highest BCUT2D eigenvalue weighted by Gasteiger charge is 2.25. The van der Waals surface area contributed by atoms with Crippen molar-refractivity contribution in [3.05, 3.63) is 70.8 Å². The molecule has 40 heavy (non-hydrogen) atoms. The molecule has 5 rings (SSSR count). The van der Waals surface area contributed by atoms with Crippen LogP contribution in [-0.4, -0.2) is 39.9 Å². The van der Waals surface area contributed by atoms with Gasteiger partial charge in [0.05, 0.1) is 11.1 Å². The van der Waals surface area contributed by atoms with Crippen molar-refractivity contribution >= 4 is 66.7 Å². The average molecular weight is 538 g/mol. The summed E-state index contributed by atoms with van der Waals surface area (Å²) < 4.78 is 0. The summed E-state index contributed by atoms with van der Waals surface area (Å²) in [5.74, 6) is -2.30. The van der Waals surface area contributed by atoms with Gasteiger partial charge in [0.2, 0.25) is 0 Å². The van der Waals surface area contributed by atoms with Gasteiger partial charge in [-0.05, 0) is 76.7 Å². The van der Waals surface area contributed by atoms with Crippen molar-refractivity contribution in [1.29, 1.82) is 0 Å². The highest BCUT2D eigenvalue weighted by molar-refractivity contribution is 6.38. The SMILES string of the molecule is CC(C)CCCC(=O)c1ccc2c3ccc(C(=O)O)c4c(C(=O)NC(C)C)ccc(c5ccc(C(=O)O)c1c25)c43. The van der Waals surface area contributed by atoms with E-state index in [1.807, 2.05) is 19.9 Å². The maximum Gasteiger partial charge on any atom is 0.336 e. The maximum atomic E-state index is 13.4. The lowest BCUT2D eigenvalue weighted by Gasteiger charge is -2.20. The molecule has 0 bridgehead atoms. The highest BCUT2D eigenvalue weighted by atomic mass is 16.4. The largest absolute Gasteiger partial charge is 0.478 e. The molecule has 0 aliphatic heterocycles. The zero-order chi connectivity index (χ0) is 28.9. The van der Waals surface area contributed by atoms with Crippen LogP contribution >= 0.6 is 0 Å². The van der Waals surface area contributed by atoms with Gasteiger partial charge in [-0.1, -0.05) is 50.6 Å². The Morgan fingerprint density at radius 3 is 1.48 bits per heavy atom. The number of aromatic carboxylic acids is 2. The second-order valence-corrected chi connectivity index (χ2v) is 11.1. The van der Waals surface area contributed by atoms with Crippen LogP contribution in [0.5, 0.6) is 0 Å². The van der Waals surface area contributed by atoms with Crippen molar-refractivity contribution < 1.29 is 29.4 Å². The Kier molecular flexibility index (Phi) is 6.92. The normalized spacial score (nSPS) is 11.8. The fourth-order valence-electron chi connectivity index (χ4n) is 5.81. The molecule has 0 heterocycles. The molecule has 7 nitrogen and oxygen atoms in total. The number of amides is 1. The topological polar surface area (TPSA) is 121 Å². The Morgan fingerprint density at radius 2 is 1.05 bits per heavy atom.